The number of nitrogens with two attached hydrogens (primary N) is 1. The molecule has 0 bridgehead atoms. The van der Waals surface area contributed by atoms with E-state index in [4.69, 9.17) is 15.5 Å². The van der Waals surface area contributed by atoms with Crippen LogP contribution < -0.4 is 10.5 Å². The second-order valence-electron chi connectivity index (χ2n) is 5.51. The fourth-order valence-electron chi connectivity index (χ4n) is 2.89. The summed E-state index contributed by atoms with van der Waals surface area (Å²) in [5.74, 6) is 0.893. The SMILES string of the molecule is COc1ccc(-c2nc3c(C)cccn3c2CCN)cc1C. The van der Waals surface area contributed by atoms with Crippen LogP contribution in [0.1, 0.15) is 16.8 Å². The van der Waals surface area contributed by atoms with Crippen LogP contribution in [0, 0.1) is 13.8 Å². The standard InChI is InChI=1S/C18H21N3O/c1-12-5-4-10-21-15(8-9-19)17(20-18(12)21)14-6-7-16(22-3)13(2)11-14/h4-7,10-11H,8-9,19H2,1-3H3. The van der Waals surface area contributed by atoms with Gasteiger partial charge >= 0.3 is 0 Å². The van der Waals surface area contributed by atoms with E-state index in [1.54, 1.807) is 7.11 Å². The summed E-state index contributed by atoms with van der Waals surface area (Å²) in [6.07, 6.45) is 2.85. The summed E-state index contributed by atoms with van der Waals surface area (Å²) in [7, 11) is 1.69. The molecule has 1 aromatic carbocycles. The molecular weight excluding hydrogens is 274 g/mol. The number of ether oxygens (including phenoxy) is 1. The Bertz CT molecular complexity index is 821. The van der Waals surface area contributed by atoms with Gasteiger partial charge in [0.25, 0.3) is 0 Å². The molecule has 3 rings (SSSR count). The van der Waals surface area contributed by atoms with E-state index in [9.17, 15) is 0 Å². The summed E-state index contributed by atoms with van der Waals surface area (Å²) in [5.41, 5.74) is 12.3. The van der Waals surface area contributed by atoms with Crippen LogP contribution in [-0.2, 0) is 6.42 Å². The quantitative estimate of drug-likeness (QED) is 0.804. The Morgan fingerprint density at radius 3 is 2.68 bits per heavy atom. The number of benzene rings is 1. The van der Waals surface area contributed by atoms with Crippen LogP contribution in [0.5, 0.6) is 5.75 Å². The van der Waals surface area contributed by atoms with Crippen molar-refractivity contribution in [1.82, 2.24) is 9.38 Å². The van der Waals surface area contributed by atoms with Crippen LogP contribution in [0.4, 0.5) is 0 Å². The third-order valence-electron chi connectivity index (χ3n) is 3.99. The molecule has 4 nitrogen and oxygen atoms in total. The lowest BCUT2D eigenvalue weighted by atomic mass is 10.1. The van der Waals surface area contributed by atoms with E-state index >= 15 is 0 Å². The normalized spacial score (nSPS) is 11.1. The first-order valence-corrected chi connectivity index (χ1v) is 7.47. The molecule has 4 heteroatoms. The van der Waals surface area contributed by atoms with E-state index in [0.717, 1.165) is 45.9 Å². The molecule has 2 N–H and O–H groups in total. The highest BCUT2D eigenvalue weighted by atomic mass is 16.5. The summed E-state index contributed by atoms with van der Waals surface area (Å²) in [6, 6.07) is 10.3. The van der Waals surface area contributed by atoms with Crippen molar-refractivity contribution in [3.63, 3.8) is 0 Å². The van der Waals surface area contributed by atoms with Crippen LogP contribution in [0.25, 0.3) is 16.9 Å². The zero-order valence-corrected chi connectivity index (χ0v) is 13.3. The summed E-state index contributed by atoms with van der Waals surface area (Å²) in [6.45, 7) is 4.73. The Labute approximate surface area is 130 Å². The molecule has 22 heavy (non-hydrogen) atoms. The maximum Gasteiger partial charge on any atom is 0.140 e. The lowest BCUT2D eigenvalue weighted by Crippen LogP contribution is -2.06. The van der Waals surface area contributed by atoms with Crippen molar-refractivity contribution in [3.05, 3.63) is 53.3 Å². The molecule has 0 amide bonds. The van der Waals surface area contributed by atoms with Crippen molar-refractivity contribution >= 4 is 5.65 Å². The average molecular weight is 295 g/mol. The number of hydrogen-bond donors (Lipinski definition) is 1. The van der Waals surface area contributed by atoms with Crippen LogP contribution in [0.3, 0.4) is 0 Å². The van der Waals surface area contributed by atoms with Crippen molar-refractivity contribution in [2.45, 2.75) is 20.3 Å². The summed E-state index contributed by atoms with van der Waals surface area (Å²) < 4.78 is 7.50. The molecule has 2 heterocycles. The van der Waals surface area contributed by atoms with E-state index < -0.39 is 0 Å². The number of nitrogens with zero attached hydrogens (tertiary/aromatic N) is 2. The molecule has 0 spiro atoms. The number of methoxy groups -OCH3 is 1. The van der Waals surface area contributed by atoms with E-state index in [2.05, 4.69) is 35.7 Å². The molecule has 114 valence electrons. The Morgan fingerprint density at radius 1 is 1.18 bits per heavy atom. The Hall–Kier alpha value is -2.33. The molecule has 0 unspecified atom stereocenters. The second-order valence-corrected chi connectivity index (χ2v) is 5.51. The van der Waals surface area contributed by atoms with Gasteiger partial charge in [-0.3, -0.25) is 0 Å². The molecule has 2 aromatic heterocycles. The van der Waals surface area contributed by atoms with Gasteiger partial charge in [-0.25, -0.2) is 4.98 Å². The molecule has 0 atom stereocenters. The van der Waals surface area contributed by atoms with Gasteiger partial charge in [-0.2, -0.15) is 0 Å². The van der Waals surface area contributed by atoms with E-state index in [1.807, 2.05) is 19.1 Å². The molecule has 0 saturated heterocycles. The summed E-state index contributed by atoms with van der Waals surface area (Å²) in [4.78, 5) is 4.86. The van der Waals surface area contributed by atoms with E-state index in [-0.39, 0.29) is 0 Å². The van der Waals surface area contributed by atoms with Gasteiger partial charge in [-0.05, 0) is 55.8 Å². The Morgan fingerprint density at radius 2 is 2.00 bits per heavy atom. The maximum absolute atomic E-state index is 5.81. The monoisotopic (exact) mass is 295 g/mol. The molecule has 0 aliphatic rings. The molecular formula is C18H21N3O. The molecule has 0 aliphatic carbocycles. The van der Waals surface area contributed by atoms with Crippen LogP contribution >= 0.6 is 0 Å². The first-order chi connectivity index (χ1) is 10.7. The lowest BCUT2D eigenvalue weighted by molar-refractivity contribution is 0.412. The smallest absolute Gasteiger partial charge is 0.140 e. The van der Waals surface area contributed by atoms with Gasteiger partial charge in [0, 0.05) is 18.2 Å². The van der Waals surface area contributed by atoms with Crippen molar-refractivity contribution in [3.8, 4) is 17.0 Å². The first kappa shape index (κ1) is 14.6. The highest BCUT2D eigenvalue weighted by Crippen LogP contribution is 2.29. The van der Waals surface area contributed by atoms with Gasteiger partial charge in [-0.1, -0.05) is 6.07 Å². The molecule has 0 radical (unpaired) electrons. The zero-order valence-electron chi connectivity index (χ0n) is 13.3. The number of rotatable bonds is 4. The lowest BCUT2D eigenvalue weighted by Gasteiger charge is -2.08. The van der Waals surface area contributed by atoms with Gasteiger partial charge < -0.3 is 14.9 Å². The molecule has 0 saturated carbocycles. The first-order valence-electron chi connectivity index (χ1n) is 7.47. The summed E-state index contributed by atoms with van der Waals surface area (Å²) in [5, 5.41) is 0. The third-order valence-corrected chi connectivity index (χ3v) is 3.99. The number of aryl methyl sites for hydroxylation is 2. The Kier molecular flexibility index (Phi) is 3.86. The van der Waals surface area contributed by atoms with E-state index in [1.165, 1.54) is 0 Å². The van der Waals surface area contributed by atoms with Crippen molar-refractivity contribution in [2.75, 3.05) is 13.7 Å². The fraction of sp³-hybridized carbons (Fsp3) is 0.278. The predicted molar refractivity (Wildman–Crippen MR) is 89.4 cm³/mol. The largest absolute Gasteiger partial charge is 0.496 e. The molecule has 3 aromatic rings. The van der Waals surface area contributed by atoms with Crippen molar-refractivity contribution in [2.24, 2.45) is 5.73 Å². The van der Waals surface area contributed by atoms with Gasteiger partial charge in [0.1, 0.15) is 11.4 Å². The van der Waals surface area contributed by atoms with Gasteiger partial charge in [0.2, 0.25) is 0 Å². The number of imidazole rings is 1. The van der Waals surface area contributed by atoms with Crippen LogP contribution in [-0.4, -0.2) is 23.0 Å². The minimum absolute atomic E-state index is 0.601. The summed E-state index contributed by atoms with van der Waals surface area (Å²) >= 11 is 0. The highest BCUT2D eigenvalue weighted by Gasteiger charge is 2.15. The zero-order chi connectivity index (χ0) is 15.7. The van der Waals surface area contributed by atoms with E-state index in [0.29, 0.717) is 6.54 Å². The minimum Gasteiger partial charge on any atom is -0.496 e. The fourth-order valence-corrected chi connectivity index (χ4v) is 2.89. The molecule has 0 fully saturated rings. The van der Waals surface area contributed by atoms with Crippen LogP contribution in [0.15, 0.2) is 36.5 Å². The predicted octanol–water partition coefficient (Wildman–Crippen LogP) is 3.13. The average Bonchev–Trinajstić information content (AvgIpc) is 2.88. The van der Waals surface area contributed by atoms with Gasteiger partial charge in [0.05, 0.1) is 18.5 Å². The van der Waals surface area contributed by atoms with Gasteiger partial charge in [0.15, 0.2) is 0 Å². The van der Waals surface area contributed by atoms with Crippen molar-refractivity contribution in [1.29, 1.82) is 0 Å². The highest BCUT2D eigenvalue weighted by molar-refractivity contribution is 5.69. The topological polar surface area (TPSA) is 52.5 Å². The number of pyridine rings is 1. The third kappa shape index (κ3) is 2.35. The second kappa shape index (κ2) is 5.81. The van der Waals surface area contributed by atoms with Gasteiger partial charge in [-0.15, -0.1) is 0 Å². The number of aromatic nitrogens is 2. The minimum atomic E-state index is 0.601. The van der Waals surface area contributed by atoms with Crippen LogP contribution in [0.2, 0.25) is 0 Å². The maximum atomic E-state index is 5.81. The molecule has 0 aliphatic heterocycles. The number of fused-ring (bicyclic) bond motifs is 1. The van der Waals surface area contributed by atoms with Crippen molar-refractivity contribution < 1.29 is 4.74 Å². The Balaban J connectivity index is 2.23. The number of hydrogen-bond acceptors (Lipinski definition) is 3.